The van der Waals surface area contributed by atoms with E-state index >= 15 is 0 Å². The van der Waals surface area contributed by atoms with Gasteiger partial charge in [-0.1, -0.05) is 5.16 Å². The predicted octanol–water partition coefficient (Wildman–Crippen LogP) is 0.934. The molecule has 0 saturated carbocycles. The van der Waals surface area contributed by atoms with Crippen molar-refractivity contribution >= 4 is 11.9 Å². The van der Waals surface area contributed by atoms with E-state index in [4.69, 9.17) is 19.7 Å². The highest BCUT2D eigenvalue weighted by atomic mass is 16.7. The summed E-state index contributed by atoms with van der Waals surface area (Å²) in [6, 6.07) is 0. The smallest absolute Gasteiger partial charge is 0.158 e. The summed E-state index contributed by atoms with van der Waals surface area (Å²) in [5, 5.41) is 10.8. The lowest BCUT2D eigenvalue weighted by atomic mass is 10.2. The van der Waals surface area contributed by atoms with Crippen molar-refractivity contribution in [2.24, 2.45) is 5.16 Å². The average Bonchev–Trinajstić information content (AvgIpc) is 2.67. The molecular weight excluding hydrogens is 184 g/mol. The zero-order valence-corrected chi connectivity index (χ0v) is 7.94. The molecule has 2 unspecified atom stereocenters. The molecule has 2 rings (SSSR count). The molecule has 1 fully saturated rings. The molecule has 2 atom stereocenters. The zero-order valence-electron chi connectivity index (χ0n) is 7.94. The maximum Gasteiger partial charge on any atom is 0.158 e. The average molecular weight is 198 g/mol. The largest absolute Gasteiger partial charge is 0.392 e. The topological polar surface area (TPSA) is 63.9 Å². The zero-order chi connectivity index (χ0) is 9.80. The monoisotopic (exact) mass is 198 g/mol. The number of oxime groups is 1. The summed E-state index contributed by atoms with van der Waals surface area (Å²) in [5.41, 5.74) is 0.541. The Morgan fingerprint density at radius 2 is 2.43 bits per heavy atom. The van der Waals surface area contributed by atoms with Crippen LogP contribution in [0.3, 0.4) is 0 Å². The molecule has 0 radical (unpaired) electrons. The third kappa shape index (κ3) is 2.10. The first-order chi connectivity index (χ1) is 6.90. The van der Waals surface area contributed by atoms with Crippen LogP contribution in [0.2, 0.25) is 0 Å². The third-order valence-corrected chi connectivity index (χ3v) is 2.33. The lowest BCUT2D eigenvalue weighted by Gasteiger charge is -2.24. The maximum absolute atomic E-state index is 7.09. The summed E-state index contributed by atoms with van der Waals surface area (Å²) in [6.07, 6.45) is 3.95. The van der Waals surface area contributed by atoms with Crippen molar-refractivity contribution < 1.29 is 14.3 Å². The molecule has 0 aliphatic carbocycles. The fourth-order valence-electron chi connectivity index (χ4n) is 1.55. The highest BCUT2D eigenvalue weighted by molar-refractivity contribution is 6.31. The van der Waals surface area contributed by atoms with Crippen molar-refractivity contribution in [1.82, 2.24) is 0 Å². The molecule has 0 amide bonds. The van der Waals surface area contributed by atoms with Crippen LogP contribution in [0.4, 0.5) is 0 Å². The Balaban J connectivity index is 1.84. The lowest BCUT2D eigenvalue weighted by molar-refractivity contribution is -0.178. The number of rotatable bonds is 3. The van der Waals surface area contributed by atoms with E-state index in [1.165, 1.54) is 6.21 Å². The first-order valence-electron chi connectivity index (χ1n) is 4.87. The summed E-state index contributed by atoms with van der Waals surface area (Å²) >= 11 is 0. The first kappa shape index (κ1) is 9.61. The van der Waals surface area contributed by atoms with Gasteiger partial charge in [-0.25, -0.2) is 0 Å². The standard InChI is InChI=1S/C9H14N2O3/c10-5-7-8(6-13-11-7)14-9-3-1-2-4-12-9/h5,8-10H,1-4,6H2. The maximum atomic E-state index is 7.09. The fourth-order valence-corrected chi connectivity index (χ4v) is 1.55. The van der Waals surface area contributed by atoms with Gasteiger partial charge < -0.3 is 19.7 Å². The van der Waals surface area contributed by atoms with E-state index in [1.807, 2.05) is 0 Å². The van der Waals surface area contributed by atoms with Gasteiger partial charge in [0.2, 0.25) is 0 Å². The van der Waals surface area contributed by atoms with Gasteiger partial charge in [-0.2, -0.15) is 0 Å². The molecule has 2 aliphatic rings. The molecule has 5 heteroatoms. The minimum Gasteiger partial charge on any atom is -0.392 e. The van der Waals surface area contributed by atoms with Gasteiger partial charge in [-0.15, -0.1) is 0 Å². The van der Waals surface area contributed by atoms with E-state index in [0.29, 0.717) is 12.3 Å². The Kier molecular flexibility index (Phi) is 3.10. The van der Waals surface area contributed by atoms with Crippen LogP contribution in [0, 0.1) is 5.41 Å². The Morgan fingerprint density at radius 3 is 3.14 bits per heavy atom. The Bertz CT molecular complexity index is 236. The van der Waals surface area contributed by atoms with Crippen molar-refractivity contribution in [2.45, 2.75) is 31.7 Å². The van der Waals surface area contributed by atoms with Gasteiger partial charge in [0, 0.05) is 12.8 Å². The molecule has 0 aromatic rings. The molecular formula is C9H14N2O3. The molecule has 1 N–H and O–H groups in total. The number of nitrogens with zero attached hydrogens (tertiary/aromatic N) is 1. The molecule has 0 aromatic heterocycles. The van der Waals surface area contributed by atoms with Crippen LogP contribution in [0.1, 0.15) is 19.3 Å². The van der Waals surface area contributed by atoms with Crippen LogP contribution in [0.15, 0.2) is 5.16 Å². The summed E-state index contributed by atoms with van der Waals surface area (Å²) in [5.74, 6) is 0. The van der Waals surface area contributed by atoms with Crippen LogP contribution >= 0.6 is 0 Å². The molecule has 78 valence electrons. The van der Waals surface area contributed by atoms with Gasteiger partial charge in [-0.3, -0.25) is 0 Å². The molecule has 2 heterocycles. The van der Waals surface area contributed by atoms with E-state index in [2.05, 4.69) is 5.16 Å². The number of nitrogens with one attached hydrogen (secondary N) is 1. The Hall–Kier alpha value is -0.940. The Morgan fingerprint density at radius 1 is 1.50 bits per heavy atom. The number of hydrogen-bond acceptors (Lipinski definition) is 5. The van der Waals surface area contributed by atoms with Gasteiger partial charge in [0.25, 0.3) is 0 Å². The second kappa shape index (κ2) is 4.52. The van der Waals surface area contributed by atoms with Gasteiger partial charge in [0.05, 0.1) is 0 Å². The molecule has 1 saturated heterocycles. The fraction of sp³-hybridized carbons (Fsp3) is 0.778. The van der Waals surface area contributed by atoms with Crippen LogP contribution in [0.25, 0.3) is 0 Å². The van der Waals surface area contributed by atoms with Gasteiger partial charge in [-0.05, 0) is 19.3 Å². The van der Waals surface area contributed by atoms with E-state index in [0.717, 1.165) is 25.9 Å². The molecule has 2 aliphatic heterocycles. The normalized spacial score (nSPS) is 32.1. The van der Waals surface area contributed by atoms with Crippen LogP contribution in [0.5, 0.6) is 0 Å². The Labute approximate surface area is 82.5 Å². The number of hydrogen-bond donors (Lipinski definition) is 1. The predicted molar refractivity (Wildman–Crippen MR) is 50.6 cm³/mol. The van der Waals surface area contributed by atoms with E-state index in [9.17, 15) is 0 Å². The highest BCUT2D eigenvalue weighted by Crippen LogP contribution is 2.17. The van der Waals surface area contributed by atoms with Crippen molar-refractivity contribution in [3.05, 3.63) is 0 Å². The third-order valence-electron chi connectivity index (χ3n) is 2.33. The summed E-state index contributed by atoms with van der Waals surface area (Å²) in [7, 11) is 0. The van der Waals surface area contributed by atoms with E-state index in [1.54, 1.807) is 0 Å². The SMILES string of the molecule is N=CC1=NOCC1OC1CCCCO1. The second-order valence-corrected chi connectivity index (χ2v) is 3.38. The first-order valence-corrected chi connectivity index (χ1v) is 4.87. The van der Waals surface area contributed by atoms with Crippen molar-refractivity contribution in [1.29, 1.82) is 5.41 Å². The van der Waals surface area contributed by atoms with E-state index < -0.39 is 0 Å². The van der Waals surface area contributed by atoms with Gasteiger partial charge in [0.1, 0.15) is 18.4 Å². The van der Waals surface area contributed by atoms with E-state index in [-0.39, 0.29) is 12.4 Å². The van der Waals surface area contributed by atoms with Crippen LogP contribution in [-0.4, -0.2) is 37.5 Å². The van der Waals surface area contributed by atoms with Gasteiger partial charge in [0.15, 0.2) is 6.29 Å². The highest BCUT2D eigenvalue weighted by Gasteiger charge is 2.27. The number of ether oxygens (including phenoxy) is 2. The van der Waals surface area contributed by atoms with Gasteiger partial charge >= 0.3 is 0 Å². The molecule has 5 nitrogen and oxygen atoms in total. The summed E-state index contributed by atoms with van der Waals surface area (Å²) < 4.78 is 11.1. The lowest BCUT2D eigenvalue weighted by Crippen LogP contribution is -2.33. The van der Waals surface area contributed by atoms with Crippen molar-refractivity contribution in [3.63, 3.8) is 0 Å². The van der Waals surface area contributed by atoms with Crippen molar-refractivity contribution in [2.75, 3.05) is 13.2 Å². The quantitative estimate of drug-likeness (QED) is 0.686. The summed E-state index contributed by atoms with van der Waals surface area (Å²) in [6.45, 7) is 1.15. The second-order valence-electron chi connectivity index (χ2n) is 3.38. The minimum atomic E-state index is -0.226. The molecule has 0 aromatic carbocycles. The summed E-state index contributed by atoms with van der Waals surface area (Å²) in [4.78, 5) is 4.86. The minimum absolute atomic E-state index is 0.152. The van der Waals surface area contributed by atoms with Crippen LogP contribution < -0.4 is 0 Å². The molecule has 0 spiro atoms. The molecule has 0 bridgehead atoms. The molecule has 14 heavy (non-hydrogen) atoms. The van der Waals surface area contributed by atoms with Crippen LogP contribution in [-0.2, 0) is 14.3 Å². The van der Waals surface area contributed by atoms with Crippen molar-refractivity contribution in [3.8, 4) is 0 Å².